The number of hydrogen-bond donors (Lipinski definition) is 0. The second kappa shape index (κ2) is 8.73. The van der Waals surface area contributed by atoms with Crippen molar-refractivity contribution in [1.29, 1.82) is 0 Å². The summed E-state index contributed by atoms with van der Waals surface area (Å²) in [7, 11) is 0. The van der Waals surface area contributed by atoms with E-state index in [4.69, 9.17) is 14.2 Å². The van der Waals surface area contributed by atoms with Crippen LogP contribution in [-0.2, 0) is 0 Å². The Morgan fingerprint density at radius 2 is 1.60 bits per heavy atom. The molecule has 128 valence electrons. The Morgan fingerprint density at radius 1 is 0.840 bits per heavy atom. The van der Waals surface area contributed by atoms with Gasteiger partial charge in [-0.3, -0.25) is 0 Å². The Morgan fingerprint density at radius 3 is 2.36 bits per heavy atom. The quantitative estimate of drug-likeness (QED) is 0.573. The van der Waals surface area contributed by atoms with Crippen molar-refractivity contribution in [3.05, 3.63) is 79.0 Å². The van der Waals surface area contributed by atoms with Crippen LogP contribution in [0.1, 0.15) is 13.3 Å². The van der Waals surface area contributed by atoms with E-state index in [1.807, 2.05) is 72.8 Å². The van der Waals surface area contributed by atoms with Crippen LogP contribution in [0.2, 0.25) is 0 Å². The Labute approximate surface area is 148 Å². The lowest BCUT2D eigenvalue weighted by Gasteiger charge is -2.17. The Kier molecular flexibility index (Phi) is 5.88. The van der Waals surface area contributed by atoms with Gasteiger partial charge in [-0.1, -0.05) is 37.3 Å². The summed E-state index contributed by atoms with van der Waals surface area (Å²) < 4.78 is 17.5. The first-order valence-electron chi connectivity index (χ1n) is 8.37. The molecule has 1 aromatic heterocycles. The fourth-order valence-electron chi connectivity index (χ4n) is 2.26. The van der Waals surface area contributed by atoms with Crippen LogP contribution >= 0.6 is 0 Å². The molecule has 0 fully saturated rings. The zero-order chi connectivity index (χ0) is 17.3. The Bertz CT molecular complexity index is 762. The van der Waals surface area contributed by atoms with E-state index in [0.29, 0.717) is 12.5 Å². The minimum absolute atomic E-state index is 0.0615. The molecule has 0 N–H and O–H groups in total. The number of benzene rings is 2. The zero-order valence-corrected chi connectivity index (χ0v) is 14.2. The molecule has 0 saturated carbocycles. The fraction of sp³-hybridized carbons (Fsp3) is 0.190. The van der Waals surface area contributed by atoms with Crippen molar-refractivity contribution in [1.82, 2.24) is 4.98 Å². The molecule has 25 heavy (non-hydrogen) atoms. The Balaban J connectivity index is 1.58. The minimum atomic E-state index is -0.0615. The van der Waals surface area contributed by atoms with Gasteiger partial charge in [0.2, 0.25) is 5.88 Å². The van der Waals surface area contributed by atoms with Crippen molar-refractivity contribution >= 4 is 0 Å². The first-order valence-corrected chi connectivity index (χ1v) is 8.37. The number of aromatic nitrogens is 1. The fourth-order valence-corrected chi connectivity index (χ4v) is 2.26. The van der Waals surface area contributed by atoms with Crippen molar-refractivity contribution in [2.45, 2.75) is 19.4 Å². The maximum absolute atomic E-state index is 5.88. The highest BCUT2D eigenvalue weighted by Crippen LogP contribution is 2.25. The van der Waals surface area contributed by atoms with Crippen molar-refractivity contribution in [2.24, 2.45) is 0 Å². The van der Waals surface area contributed by atoms with Gasteiger partial charge < -0.3 is 14.2 Å². The molecular formula is C21H21NO3. The lowest BCUT2D eigenvalue weighted by Crippen LogP contribution is -2.24. The summed E-state index contributed by atoms with van der Waals surface area (Å²) >= 11 is 0. The topological polar surface area (TPSA) is 40.6 Å². The average molecular weight is 335 g/mol. The number of ether oxygens (including phenoxy) is 3. The van der Waals surface area contributed by atoms with E-state index in [9.17, 15) is 0 Å². The molecule has 4 heteroatoms. The highest BCUT2D eigenvalue weighted by molar-refractivity contribution is 5.36. The van der Waals surface area contributed by atoms with Gasteiger partial charge in [-0.05, 0) is 36.8 Å². The van der Waals surface area contributed by atoms with Gasteiger partial charge in [0.25, 0.3) is 0 Å². The lowest BCUT2D eigenvalue weighted by atomic mass is 10.3. The summed E-state index contributed by atoms with van der Waals surface area (Å²) in [6, 6.07) is 22.9. The normalized spacial score (nSPS) is 11.6. The summed E-state index contributed by atoms with van der Waals surface area (Å²) in [4.78, 5) is 4.18. The smallest absolute Gasteiger partial charge is 0.213 e. The molecule has 3 rings (SSSR count). The molecule has 0 amide bonds. The highest BCUT2D eigenvalue weighted by Gasteiger charge is 2.10. The summed E-state index contributed by atoms with van der Waals surface area (Å²) in [5, 5.41) is 0. The summed E-state index contributed by atoms with van der Waals surface area (Å²) in [5.41, 5.74) is 0. The van der Waals surface area contributed by atoms with Crippen LogP contribution in [0.5, 0.6) is 23.1 Å². The van der Waals surface area contributed by atoms with Gasteiger partial charge in [0.15, 0.2) is 0 Å². The molecule has 4 nitrogen and oxygen atoms in total. The molecule has 1 atom stereocenters. The SMILES string of the molecule is CCC(COc1cccc(Oc2ccccc2)c1)Oc1ccccn1. The second-order valence-corrected chi connectivity index (χ2v) is 5.52. The van der Waals surface area contributed by atoms with Gasteiger partial charge in [-0.2, -0.15) is 0 Å². The predicted molar refractivity (Wildman–Crippen MR) is 97.4 cm³/mol. The van der Waals surface area contributed by atoms with E-state index < -0.39 is 0 Å². The Hall–Kier alpha value is -3.01. The van der Waals surface area contributed by atoms with E-state index in [0.717, 1.165) is 23.7 Å². The third kappa shape index (κ3) is 5.24. The number of nitrogens with zero attached hydrogens (tertiary/aromatic N) is 1. The second-order valence-electron chi connectivity index (χ2n) is 5.52. The predicted octanol–water partition coefficient (Wildman–Crippen LogP) is 5.11. The van der Waals surface area contributed by atoms with Crippen LogP contribution in [0.15, 0.2) is 79.0 Å². The van der Waals surface area contributed by atoms with Crippen LogP contribution in [-0.4, -0.2) is 17.7 Å². The van der Waals surface area contributed by atoms with Crippen LogP contribution in [0.25, 0.3) is 0 Å². The third-order valence-corrected chi connectivity index (χ3v) is 3.60. The van der Waals surface area contributed by atoms with E-state index in [1.54, 1.807) is 6.20 Å². The lowest BCUT2D eigenvalue weighted by molar-refractivity contribution is 0.120. The highest BCUT2D eigenvalue weighted by atomic mass is 16.5. The van der Waals surface area contributed by atoms with Crippen molar-refractivity contribution in [3.63, 3.8) is 0 Å². The van der Waals surface area contributed by atoms with Crippen LogP contribution in [0, 0.1) is 0 Å². The largest absolute Gasteiger partial charge is 0.490 e. The molecule has 2 aromatic carbocycles. The molecule has 1 heterocycles. The maximum atomic E-state index is 5.88. The molecule has 0 aliphatic rings. The molecule has 0 bridgehead atoms. The zero-order valence-electron chi connectivity index (χ0n) is 14.2. The van der Waals surface area contributed by atoms with Gasteiger partial charge in [-0.15, -0.1) is 0 Å². The van der Waals surface area contributed by atoms with E-state index >= 15 is 0 Å². The van der Waals surface area contributed by atoms with Crippen molar-refractivity contribution < 1.29 is 14.2 Å². The van der Waals surface area contributed by atoms with E-state index in [-0.39, 0.29) is 6.10 Å². The van der Waals surface area contributed by atoms with Gasteiger partial charge in [0, 0.05) is 18.3 Å². The summed E-state index contributed by atoms with van der Waals surface area (Å²) in [6.07, 6.45) is 2.48. The molecule has 3 aromatic rings. The number of para-hydroxylation sites is 1. The van der Waals surface area contributed by atoms with Gasteiger partial charge in [-0.25, -0.2) is 4.98 Å². The van der Waals surface area contributed by atoms with Crippen LogP contribution in [0.3, 0.4) is 0 Å². The monoisotopic (exact) mass is 335 g/mol. The van der Waals surface area contributed by atoms with E-state index in [1.165, 1.54) is 0 Å². The molecule has 0 aliphatic carbocycles. The summed E-state index contributed by atoms with van der Waals surface area (Å²) in [6.45, 7) is 2.51. The van der Waals surface area contributed by atoms with Gasteiger partial charge in [0.05, 0.1) is 0 Å². The van der Waals surface area contributed by atoms with Crippen molar-refractivity contribution in [3.8, 4) is 23.1 Å². The number of pyridine rings is 1. The molecule has 0 spiro atoms. The third-order valence-electron chi connectivity index (χ3n) is 3.60. The average Bonchev–Trinajstić information content (AvgIpc) is 2.67. The van der Waals surface area contributed by atoms with Gasteiger partial charge in [0.1, 0.15) is 30.0 Å². The first kappa shape index (κ1) is 16.8. The minimum Gasteiger partial charge on any atom is -0.490 e. The van der Waals surface area contributed by atoms with Crippen LogP contribution in [0.4, 0.5) is 0 Å². The van der Waals surface area contributed by atoms with Crippen molar-refractivity contribution in [2.75, 3.05) is 6.61 Å². The summed E-state index contributed by atoms with van der Waals surface area (Å²) in [5.74, 6) is 2.89. The molecule has 0 aliphatic heterocycles. The van der Waals surface area contributed by atoms with Crippen LogP contribution < -0.4 is 14.2 Å². The standard InChI is InChI=1S/C21H21NO3/c1-2-17(25-21-13-6-7-14-22-21)16-23-19-11-8-12-20(15-19)24-18-9-4-3-5-10-18/h3-15,17H,2,16H2,1H3. The molecular weight excluding hydrogens is 314 g/mol. The number of hydrogen-bond acceptors (Lipinski definition) is 4. The van der Waals surface area contributed by atoms with E-state index in [2.05, 4.69) is 11.9 Å². The molecule has 0 radical (unpaired) electrons. The first-order chi connectivity index (χ1) is 12.3. The van der Waals surface area contributed by atoms with Gasteiger partial charge >= 0.3 is 0 Å². The molecule has 1 unspecified atom stereocenters. The number of rotatable bonds is 8. The molecule has 0 saturated heterocycles. The maximum Gasteiger partial charge on any atom is 0.213 e.